The van der Waals surface area contributed by atoms with Crippen molar-refractivity contribution >= 4 is 0 Å². The highest BCUT2D eigenvalue weighted by Gasteiger charge is 2.16. The van der Waals surface area contributed by atoms with Crippen molar-refractivity contribution in [2.24, 2.45) is 17.8 Å². The average Bonchev–Trinajstić information content (AvgIpc) is 2.02. The molecule has 1 N–H and O–H groups in total. The van der Waals surface area contributed by atoms with E-state index in [1.807, 2.05) is 0 Å². The monoisotopic (exact) mass is 186 g/mol. The predicted molar refractivity (Wildman–Crippen MR) is 58.7 cm³/mol. The van der Waals surface area contributed by atoms with Crippen LogP contribution in [0.15, 0.2) is 0 Å². The third kappa shape index (κ3) is 6.09. The Balaban J connectivity index is 3.55. The van der Waals surface area contributed by atoms with Crippen molar-refractivity contribution in [3.8, 4) is 0 Å². The molecule has 0 aromatic heterocycles. The van der Waals surface area contributed by atoms with Crippen molar-refractivity contribution in [2.45, 2.75) is 60.0 Å². The van der Waals surface area contributed by atoms with Crippen molar-refractivity contribution in [1.82, 2.24) is 0 Å². The van der Waals surface area contributed by atoms with E-state index in [-0.39, 0.29) is 6.10 Å². The molecule has 13 heavy (non-hydrogen) atoms. The first kappa shape index (κ1) is 13.0. The van der Waals surface area contributed by atoms with E-state index < -0.39 is 0 Å². The van der Waals surface area contributed by atoms with Gasteiger partial charge in [0.05, 0.1) is 6.10 Å². The largest absolute Gasteiger partial charge is 0.393 e. The molecule has 0 aliphatic carbocycles. The van der Waals surface area contributed by atoms with Crippen LogP contribution in [0.2, 0.25) is 0 Å². The van der Waals surface area contributed by atoms with Crippen molar-refractivity contribution in [2.75, 3.05) is 0 Å². The first-order valence-electron chi connectivity index (χ1n) is 5.63. The van der Waals surface area contributed by atoms with Gasteiger partial charge < -0.3 is 5.11 Å². The van der Waals surface area contributed by atoms with Gasteiger partial charge in [0.2, 0.25) is 0 Å². The van der Waals surface area contributed by atoms with E-state index in [0.717, 1.165) is 18.8 Å². The minimum Gasteiger partial charge on any atom is -0.393 e. The van der Waals surface area contributed by atoms with Crippen molar-refractivity contribution in [3.63, 3.8) is 0 Å². The van der Waals surface area contributed by atoms with Gasteiger partial charge in [-0.15, -0.1) is 0 Å². The minimum absolute atomic E-state index is 0.0984. The number of aliphatic hydroxyl groups excluding tert-OH is 1. The van der Waals surface area contributed by atoms with Crippen LogP contribution in [0.1, 0.15) is 53.9 Å². The zero-order chi connectivity index (χ0) is 10.4. The maximum absolute atomic E-state index is 9.80. The number of hydrogen-bond acceptors (Lipinski definition) is 1. The summed E-state index contributed by atoms with van der Waals surface area (Å²) in [5, 5.41) is 9.80. The maximum Gasteiger partial charge on any atom is 0.0568 e. The summed E-state index contributed by atoms with van der Waals surface area (Å²) in [7, 11) is 0. The predicted octanol–water partition coefficient (Wildman–Crippen LogP) is 3.47. The van der Waals surface area contributed by atoms with E-state index >= 15 is 0 Å². The quantitative estimate of drug-likeness (QED) is 0.673. The van der Waals surface area contributed by atoms with Crippen molar-refractivity contribution < 1.29 is 5.11 Å². The normalized spacial score (nSPS) is 16.6. The van der Waals surface area contributed by atoms with Gasteiger partial charge >= 0.3 is 0 Å². The molecule has 0 aliphatic heterocycles. The minimum atomic E-state index is -0.0984. The Bertz CT molecular complexity index is 118. The summed E-state index contributed by atoms with van der Waals surface area (Å²) in [4.78, 5) is 0. The SMILES string of the molecule is CC(C)CCCC(O)C(C)C(C)C. The Morgan fingerprint density at radius 2 is 1.46 bits per heavy atom. The molecule has 0 amide bonds. The molecule has 1 heteroatoms. The summed E-state index contributed by atoms with van der Waals surface area (Å²) >= 11 is 0. The summed E-state index contributed by atoms with van der Waals surface area (Å²) in [6.07, 6.45) is 3.27. The fourth-order valence-electron chi connectivity index (χ4n) is 1.44. The van der Waals surface area contributed by atoms with E-state index in [1.165, 1.54) is 6.42 Å². The molecule has 2 unspecified atom stereocenters. The lowest BCUT2D eigenvalue weighted by Gasteiger charge is -2.22. The molecule has 0 aromatic rings. The Kier molecular flexibility index (Phi) is 6.40. The molecule has 0 aliphatic rings. The van der Waals surface area contributed by atoms with Gasteiger partial charge in [-0.25, -0.2) is 0 Å². The van der Waals surface area contributed by atoms with Crippen molar-refractivity contribution in [1.29, 1.82) is 0 Å². The van der Waals surface area contributed by atoms with Gasteiger partial charge in [-0.05, 0) is 24.2 Å². The van der Waals surface area contributed by atoms with Gasteiger partial charge in [0.1, 0.15) is 0 Å². The summed E-state index contributed by atoms with van der Waals surface area (Å²) in [5.74, 6) is 1.79. The number of rotatable bonds is 6. The van der Waals surface area contributed by atoms with Gasteiger partial charge in [0.25, 0.3) is 0 Å². The van der Waals surface area contributed by atoms with Crippen LogP contribution in [0.3, 0.4) is 0 Å². The molecule has 0 spiro atoms. The van der Waals surface area contributed by atoms with Crippen molar-refractivity contribution in [3.05, 3.63) is 0 Å². The van der Waals surface area contributed by atoms with Gasteiger partial charge in [-0.3, -0.25) is 0 Å². The maximum atomic E-state index is 9.80. The molecule has 80 valence electrons. The number of aliphatic hydroxyl groups is 1. The highest BCUT2D eigenvalue weighted by Crippen LogP contribution is 2.19. The highest BCUT2D eigenvalue weighted by atomic mass is 16.3. The zero-order valence-corrected chi connectivity index (χ0v) is 9.88. The van der Waals surface area contributed by atoms with Gasteiger partial charge in [0, 0.05) is 0 Å². The fraction of sp³-hybridized carbons (Fsp3) is 1.00. The topological polar surface area (TPSA) is 20.2 Å². The summed E-state index contributed by atoms with van der Waals surface area (Å²) in [5.41, 5.74) is 0. The Labute approximate surface area is 83.5 Å². The Hall–Kier alpha value is -0.0400. The highest BCUT2D eigenvalue weighted by molar-refractivity contribution is 4.67. The molecule has 1 nitrogen and oxygen atoms in total. The van der Waals surface area contributed by atoms with Crippen LogP contribution in [-0.4, -0.2) is 11.2 Å². The van der Waals surface area contributed by atoms with Gasteiger partial charge in [-0.1, -0.05) is 47.5 Å². The Morgan fingerprint density at radius 1 is 0.923 bits per heavy atom. The molecule has 0 aromatic carbocycles. The van der Waals surface area contributed by atoms with E-state index in [2.05, 4.69) is 34.6 Å². The molecule has 0 fully saturated rings. The molecular weight excluding hydrogens is 160 g/mol. The lowest BCUT2D eigenvalue weighted by molar-refractivity contribution is 0.0806. The molecule has 0 rings (SSSR count). The van der Waals surface area contributed by atoms with Crippen LogP contribution in [-0.2, 0) is 0 Å². The molecular formula is C12H26O. The molecule has 2 atom stereocenters. The molecule has 0 heterocycles. The van der Waals surface area contributed by atoms with E-state index in [0.29, 0.717) is 11.8 Å². The standard InChI is InChI=1S/C12H26O/c1-9(2)7-6-8-12(13)11(5)10(3)4/h9-13H,6-8H2,1-5H3. The second kappa shape index (κ2) is 6.42. The van der Waals surface area contributed by atoms with Crippen LogP contribution < -0.4 is 0 Å². The first-order chi connectivity index (χ1) is 5.95. The second-order valence-corrected chi connectivity index (χ2v) is 5.00. The zero-order valence-electron chi connectivity index (χ0n) is 9.88. The third-order valence-corrected chi connectivity index (χ3v) is 2.94. The van der Waals surface area contributed by atoms with E-state index in [9.17, 15) is 5.11 Å². The van der Waals surface area contributed by atoms with Crippen LogP contribution >= 0.6 is 0 Å². The fourth-order valence-corrected chi connectivity index (χ4v) is 1.44. The average molecular weight is 186 g/mol. The first-order valence-corrected chi connectivity index (χ1v) is 5.63. The van der Waals surface area contributed by atoms with Crippen LogP contribution in [0.5, 0.6) is 0 Å². The van der Waals surface area contributed by atoms with Crippen LogP contribution in [0, 0.1) is 17.8 Å². The third-order valence-electron chi connectivity index (χ3n) is 2.94. The van der Waals surface area contributed by atoms with Gasteiger partial charge in [0.15, 0.2) is 0 Å². The van der Waals surface area contributed by atoms with E-state index in [1.54, 1.807) is 0 Å². The molecule has 0 bridgehead atoms. The van der Waals surface area contributed by atoms with Crippen LogP contribution in [0.25, 0.3) is 0 Å². The lowest BCUT2D eigenvalue weighted by atomic mass is 9.89. The summed E-state index contributed by atoms with van der Waals surface area (Å²) in [6.45, 7) is 11.0. The van der Waals surface area contributed by atoms with Crippen LogP contribution in [0.4, 0.5) is 0 Å². The number of hydrogen-bond donors (Lipinski definition) is 1. The summed E-state index contributed by atoms with van der Waals surface area (Å²) in [6, 6.07) is 0. The van der Waals surface area contributed by atoms with E-state index in [4.69, 9.17) is 0 Å². The molecule has 0 saturated carbocycles. The summed E-state index contributed by atoms with van der Waals surface area (Å²) < 4.78 is 0. The second-order valence-electron chi connectivity index (χ2n) is 5.00. The molecule has 0 radical (unpaired) electrons. The molecule has 0 saturated heterocycles. The van der Waals surface area contributed by atoms with Gasteiger partial charge in [-0.2, -0.15) is 0 Å². The smallest absolute Gasteiger partial charge is 0.0568 e. The Morgan fingerprint density at radius 3 is 1.85 bits per heavy atom. The lowest BCUT2D eigenvalue weighted by Crippen LogP contribution is -2.22.